The highest BCUT2D eigenvalue weighted by atomic mass is 16.5. The Morgan fingerprint density at radius 2 is 1.32 bits per heavy atom. The van der Waals surface area contributed by atoms with Gasteiger partial charge in [0.2, 0.25) is 0 Å². The Kier molecular flexibility index (Phi) is 7.44. The molecule has 1 unspecified atom stereocenters. The van der Waals surface area contributed by atoms with Crippen LogP contribution in [0.1, 0.15) is 44.2 Å². The first-order chi connectivity index (χ1) is 16.5. The first-order valence-corrected chi connectivity index (χ1v) is 11.7. The van der Waals surface area contributed by atoms with Gasteiger partial charge in [-0.05, 0) is 58.9 Å². The zero-order chi connectivity index (χ0) is 23.9. The molecular weight excluding hydrogens is 420 g/mol. The van der Waals surface area contributed by atoms with E-state index in [1.54, 1.807) is 0 Å². The maximum absolute atomic E-state index is 12.0. The van der Waals surface area contributed by atoms with Crippen LogP contribution < -0.4 is 9.47 Å². The average molecular weight is 451 g/mol. The van der Waals surface area contributed by atoms with Crippen molar-refractivity contribution in [2.45, 2.75) is 39.7 Å². The molecule has 4 aromatic rings. The third kappa shape index (κ3) is 5.55. The van der Waals surface area contributed by atoms with Gasteiger partial charge in [-0.3, -0.25) is 4.79 Å². The van der Waals surface area contributed by atoms with E-state index in [4.69, 9.17) is 9.47 Å². The van der Waals surface area contributed by atoms with Crippen molar-refractivity contribution in [3.63, 3.8) is 0 Å². The molecule has 0 saturated carbocycles. The second-order valence-electron chi connectivity index (χ2n) is 8.51. The zero-order valence-electron chi connectivity index (χ0n) is 20.0. The van der Waals surface area contributed by atoms with E-state index in [9.17, 15) is 4.79 Å². The number of rotatable bonds is 8. The average Bonchev–Trinajstić information content (AvgIpc) is 2.88. The van der Waals surface area contributed by atoms with Crippen LogP contribution in [0.5, 0.6) is 11.5 Å². The SMILES string of the molecule is CCC(C)c1ccc(OCc2cc(-c3ccccc3)c(OC(C)=O)c(-c3ccccc3)c2)cc1. The molecule has 4 rings (SSSR count). The van der Waals surface area contributed by atoms with Crippen molar-refractivity contribution in [2.24, 2.45) is 0 Å². The van der Waals surface area contributed by atoms with E-state index < -0.39 is 0 Å². The summed E-state index contributed by atoms with van der Waals surface area (Å²) in [5.74, 6) is 1.58. The van der Waals surface area contributed by atoms with Gasteiger partial charge in [0.05, 0.1) is 0 Å². The van der Waals surface area contributed by atoms with Crippen molar-refractivity contribution >= 4 is 5.97 Å². The molecule has 0 aliphatic carbocycles. The third-order valence-corrected chi connectivity index (χ3v) is 6.03. The number of carbonyl (C=O) groups excluding carboxylic acids is 1. The maximum Gasteiger partial charge on any atom is 0.308 e. The summed E-state index contributed by atoms with van der Waals surface area (Å²) in [6.07, 6.45) is 1.11. The molecule has 0 bridgehead atoms. The van der Waals surface area contributed by atoms with Gasteiger partial charge in [0.15, 0.2) is 0 Å². The third-order valence-electron chi connectivity index (χ3n) is 6.03. The van der Waals surface area contributed by atoms with Gasteiger partial charge in [-0.15, -0.1) is 0 Å². The molecule has 0 aromatic heterocycles. The Labute approximate surface area is 202 Å². The molecule has 3 heteroatoms. The highest BCUT2D eigenvalue weighted by Gasteiger charge is 2.18. The Morgan fingerprint density at radius 1 is 0.794 bits per heavy atom. The lowest BCUT2D eigenvalue weighted by Gasteiger charge is -2.18. The lowest BCUT2D eigenvalue weighted by Crippen LogP contribution is -2.06. The fraction of sp³-hybridized carbons (Fsp3) is 0.194. The van der Waals surface area contributed by atoms with Gasteiger partial charge in [0.25, 0.3) is 0 Å². The summed E-state index contributed by atoms with van der Waals surface area (Å²) < 4.78 is 11.9. The lowest BCUT2D eigenvalue weighted by atomic mass is 9.94. The molecule has 0 saturated heterocycles. The number of esters is 1. The molecule has 0 aliphatic heterocycles. The van der Waals surface area contributed by atoms with Crippen LogP contribution in [-0.2, 0) is 11.4 Å². The fourth-order valence-corrected chi connectivity index (χ4v) is 3.98. The first-order valence-electron chi connectivity index (χ1n) is 11.7. The van der Waals surface area contributed by atoms with E-state index in [1.165, 1.54) is 12.5 Å². The van der Waals surface area contributed by atoms with Crippen molar-refractivity contribution in [2.75, 3.05) is 0 Å². The minimum absolute atomic E-state index is 0.347. The van der Waals surface area contributed by atoms with Gasteiger partial charge in [0, 0.05) is 18.1 Å². The van der Waals surface area contributed by atoms with E-state index in [-0.39, 0.29) is 5.97 Å². The number of carbonyl (C=O) groups is 1. The van der Waals surface area contributed by atoms with Gasteiger partial charge in [-0.25, -0.2) is 0 Å². The molecule has 0 amide bonds. The van der Waals surface area contributed by atoms with Gasteiger partial charge < -0.3 is 9.47 Å². The van der Waals surface area contributed by atoms with E-state index >= 15 is 0 Å². The van der Waals surface area contributed by atoms with Crippen LogP contribution in [0.4, 0.5) is 0 Å². The van der Waals surface area contributed by atoms with Crippen LogP contribution in [0.15, 0.2) is 97.1 Å². The number of hydrogen-bond donors (Lipinski definition) is 0. The van der Waals surface area contributed by atoms with Crippen molar-refractivity contribution < 1.29 is 14.3 Å². The normalized spacial score (nSPS) is 11.6. The van der Waals surface area contributed by atoms with E-state index in [1.807, 2.05) is 84.9 Å². The monoisotopic (exact) mass is 450 g/mol. The molecule has 172 valence electrons. The van der Waals surface area contributed by atoms with E-state index in [2.05, 4.69) is 26.0 Å². The largest absolute Gasteiger partial charge is 0.489 e. The van der Waals surface area contributed by atoms with Crippen LogP contribution in [0.3, 0.4) is 0 Å². The van der Waals surface area contributed by atoms with Crippen molar-refractivity contribution in [1.82, 2.24) is 0 Å². The summed E-state index contributed by atoms with van der Waals surface area (Å²) in [5.41, 5.74) is 6.01. The quantitative estimate of drug-likeness (QED) is 0.201. The summed E-state index contributed by atoms with van der Waals surface area (Å²) in [6.45, 7) is 6.27. The predicted octanol–water partition coefficient (Wildman–Crippen LogP) is 8.04. The van der Waals surface area contributed by atoms with Gasteiger partial charge in [-0.1, -0.05) is 86.6 Å². The molecular formula is C31H30O3. The standard InChI is InChI=1S/C31H30O3/c1-4-22(2)25-15-17-28(18-16-25)33-21-24-19-29(26-11-7-5-8-12-26)31(34-23(3)32)30(20-24)27-13-9-6-10-14-27/h5-20,22H,4,21H2,1-3H3. The highest BCUT2D eigenvalue weighted by molar-refractivity contribution is 5.86. The maximum atomic E-state index is 12.0. The Balaban J connectivity index is 1.73. The second kappa shape index (κ2) is 10.8. The molecule has 3 nitrogen and oxygen atoms in total. The van der Waals surface area contributed by atoms with Crippen molar-refractivity contribution in [1.29, 1.82) is 0 Å². The molecule has 1 atom stereocenters. The number of benzene rings is 4. The van der Waals surface area contributed by atoms with Gasteiger partial charge in [0.1, 0.15) is 18.1 Å². The van der Waals surface area contributed by atoms with E-state index in [0.29, 0.717) is 18.3 Å². The molecule has 4 aromatic carbocycles. The Morgan fingerprint density at radius 3 is 1.79 bits per heavy atom. The second-order valence-corrected chi connectivity index (χ2v) is 8.51. The summed E-state index contributed by atoms with van der Waals surface area (Å²) in [4.78, 5) is 12.0. The predicted molar refractivity (Wildman–Crippen MR) is 138 cm³/mol. The summed E-state index contributed by atoms with van der Waals surface area (Å²) >= 11 is 0. The first kappa shape index (κ1) is 23.3. The molecule has 0 fully saturated rings. The van der Waals surface area contributed by atoms with Gasteiger partial charge >= 0.3 is 5.97 Å². The van der Waals surface area contributed by atoms with Crippen molar-refractivity contribution in [3.8, 4) is 33.8 Å². The smallest absolute Gasteiger partial charge is 0.308 e. The molecule has 0 aliphatic rings. The van der Waals surface area contributed by atoms with Gasteiger partial charge in [-0.2, -0.15) is 0 Å². The molecule has 0 radical (unpaired) electrons. The molecule has 0 spiro atoms. The van der Waals surface area contributed by atoms with Crippen LogP contribution in [0.2, 0.25) is 0 Å². The van der Waals surface area contributed by atoms with E-state index in [0.717, 1.165) is 40.0 Å². The zero-order valence-corrected chi connectivity index (χ0v) is 20.0. The van der Waals surface area contributed by atoms with Crippen molar-refractivity contribution in [3.05, 3.63) is 108 Å². The topological polar surface area (TPSA) is 35.5 Å². The molecule has 0 N–H and O–H groups in total. The van der Waals surface area contributed by atoms with Crippen LogP contribution in [-0.4, -0.2) is 5.97 Å². The summed E-state index contributed by atoms with van der Waals surface area (Å²) in [7, 11) is 0. The fourth-order valence-electron chi connectivity index (χ4n) is 3.98. The lowest BCUT2D eigenvalue weighted by molar-refractivity contribution is -0.131. The minimum Gasteiger partial charge on any atom is -0.489 e. The number of hydrogen-bond acceptors (Lipinski definition) is 3. The minimum atomic E-state index is -0.347. The van der Waals surface area contributed by atoms with Crippen LogP contribution in [0, 0.1) is 0 Å². The van der Waals surface area contributed by atoms with Crippen LogP contribution >= 0.6 is 0 Å². The number of ether oxygens (including phenoxy) is 2. The highest BCUT2D eigenvalue weighted by Crippen LogP contribution is 2.40. The van der Waals surface area contributed by atoms with Crippen LogP contribution in [0.25, 0.3) is 22.3 Å². The summed E-state index contributed by atoms with van der Waals surface area (Å²) in [5, 5.41) is 0. The molecule has 0 heterocycles. The molecule has 34 heavy (non-hydrogen) atoms. The Hall–Kier alpha value is -3.85. The summed E-state index contributed by atoms with van der Waals surface area (Å²) in [6, 6.07) is 32.4. The Bertz CT molecular complexity index is 1170.